The SMILES string of the molecule is CCOC(=O)Cc1csc(NN=Cc2cccc(COc3ccc(OC(F)(F)F)cc3)c2)n1. The fourth-order valence-electron chi connectivity index (χ4n) is 2.63. The summed E-state index contributed by atoms with van der Waals surface area (Å²) in [5, 5.41) is 6.45. The molecule has 11 heteroatoms. The van der Waals surface area contributed by atoms with Crippen molar-refractivity contribution in [2.45, 2.75) is 26.3 Å². The lowest BCUT2D eigenvalue weighted by Crippen LogP contribution is -2.16. The standard InChI is InChI=1S/C22H20F3N3O4S/c1-2-30-20(29)11-17-14-33-21(27-17)28-26-12-15-4-3-5-16(10-15)13-31-18-6-8-19(9-7-18)32-22(23,24)25/h3-10,12,14H,2,11,13H2,1H3,(H,27,28). The van der Waals surface area contributed by atoms with Crippen LogP contribution in [0.2, 0.25) is 0 Å². The molecule has 174 valence electrons. The zero-order valence-corrected chi connectivity index (χ0v) is 18.3. The molecule has 0 spiro atoms. The van der Waals surface area contributed by atoms with Crippen LogP contribution in [0.15, 0.2) is 59.0 Å². The first-order valence-electron chi connectivity index (χ1n) is 9.77. The number of nitrogens with one attached hydrogen (secondary N) is 1. The molecule has 7 nitrogen and oxygen atoms in total. The van der Waals surface area contributed by atoms with Gasteiger partial charge >= 0.3 is 12.3 Å². The summed E-state index contributed by atoms with van der Waals surface area (Å²) in [4.78, 5) is 15.8. The van der Waals surface area contributed by atoms with Crippen molar-refractivity contribution < 1.29 is 32.2 Å². The second-order valence-corrected chi connectivity index (χ2v) is 7.41. The first-order chi connectivity index (χ1) is 15.8. The maximum atomic E-state index is 12.2. The van der Waals surface area contributed by atoms with Gasteiger partial charge in [0.2, 0.25) is 5.13 Å². The van der Waals surface area contributed by atoms with E-state index in [9.17, 15) is 18.0 Å². The summed E-state index contributed by atoms with van der Waals surface area (Å²) in [5.41, 5.74) is 5.08. The summed E-state index contributed by atoms with van der Waals surface area (Å²) in [6, 6.07) is 12.6. The minimum atomic E-state index is -4.73. The van der Waals surface area contributed by atoms with Crippen molar-refractivity contribution in [3.05, 3.63) is 70.7 Å². The second-order valence-electron chi connectivity index (χ2n) is 6.55. The third-order valence-corrected chi connectivity index (χ3v) is 4.77. The van der Waals surface area contributed by atoms with Crippen LogP contribution in [0.1, 0.15) is 23.7 Å². The molecule has 0 radical (unpaired) electrons. The highest BCUT2D eigenvalue weighted by Gasteiger charge is 2.30. The van der Waals surface area contributed by atoms with E-state index in [0.717, 1.165) is 11.1 Å². The Labute approximate surface area is 191 Å². The minimum absolute atomic E-state index is 0.107. The predicted molar refractivity (Wildman–Crippen MR) is 118 cm³/mol. The molecule has 1 N–H and O–H groups in total. The molecule has 3 aromatic rings. The number of carbonyl (C=O) groups excluding carboxylic acids is 1. The first kappa shape index (κ1) is 24.1. The van der Waals surface area contributed by atoms with Gasteiger partial charge in [-0.05, 0) is 48.4 Å². The number of hydrogen-bond acceptors (Lipinski definition) is 8. The van der Waals surface area contributed by atoms with E-state index in [1.807, 2.05) is 24.3 Å². The monoisotopic (exact) mass is 479 g/mol. The van der Waals surface area contributed by atoms with E-state index in [0.29, 0.717) is 23.2 Å². The third-order valence-electron chi connectivity index (χ3n) is 3.97. The number of halogens is 3. The average molecular weight is 479 g/mol. The number of rotatable bonds is 10. The van der Waals surface area contributed by atoms with E-state index in [1.165, 1.54) is 35.6 Å². The van der Waals surface area contributed by atoms with Crippen molar-refractivity contribution in [3.8, 4) is 11.5 Å². The minimum Gasteiger partial charge on any atom is -0.489 e. The predicted octanol–water partition coefficient (Wildman–Crippen LogP) is 5.17. The summed E-state index contributed by atoms with van der Waals surface area (Å²) in [6.45, 7) is 2.29. The van der Waals surface area contributed by atoms with Crippen LogP contribution in [0, 0.1) is 0 Å². The number of anilines is 1. The lowest BCUT2D eigenvalue weighted by atomic mass is 10.1. The normalized spacial score (nSPS) is 11.4. The molecule has 2 aromatic carbocycles. The summed E-state index contributed by atoms with van der Waals surface area (Å²) < 4.78 is 51.0. The van der Waals surface area contributed by atoms with Gasteiger partial charge in [-0.25, -0.2) is 4.98 Å². The van der Waals surface area contributed by atoms with Gasteiger partial charge in [0.05, 0.1) is 24.9 Å². The number of hydrogen-bond donors (Lipinski definition) is 1. The van der Waals surface area contributed by atoms with E-state index in [1.54, 1.807) is 18.5 Å². The molecule has 0 bridgehead atoms. The van der Waals surface area contributed by atoms with Gasteiger partial charge in [0.25, 0.3) is 0 Å². The smallest absolute Gasteiger partial charge is 0.489 e. The number of aromatic nitrogens is 1. The molecule has 1 aromatic heterocycles. The topological polar surface area (TPSA) is 82.0 Å². The average Bonchev–Trinajstić information content (AvgIpc) is 3.19. The van der Waals surface area contributed by atoms with Crippen LogP contribution in [0.4, 0.5) is 18.3 Å². The summed E-state index contributed by atoms with van der Waals surface area (Å²) >= 11 is 1.32. The second kappa shape index (κ2) is 11.3. The Morgan fingerprint density at radius 3 is 2.67 bits per heavy atom. The summed E-state index contributed by atoms with van der Waals surface area (Å²) in [7, 11) is 0. The molecule has 3 rings (SSSR count). The fourth-order valence-corrected chi connectivity index (χ4v) is 3.29. The van der Waals surface area contributed by atoms with Gasteiger partial charge in [0.1, 0.15) is 18.1 Å². The van der Waals surface area contributed by atoms with Gasteiger partial charge in [0.15, 0.2) is 0 Å². The lowest BCUT2D eigenvalue weighted by molar-refractivity contribution is -0.274. The van der Waals surface area contributed by atoms with Crippen molar-refractivity contribution in [2.24, 2.45) is 5.10 Å². The van der Waals surface area contributed by atoms with Crippen LogP contribution < -0.4 is 14.9 Å². The van der Waals surface area contributed by atoms with Crippen LogP contribution in [-0.4, -0.2) is 30.1 Å². The number of ether oxygens (including phenoxy) is 3. The first-order valence-corrected chi connectivity index (χ1v) is 10.7. The molecule has 0 saturated heterocycles. The van der Waals surface area contributed by atoms with Gasteiger partial charge in [-0.2, -0.15) is 5.10 Å². The van der Waals surface area contributed by atoms with Crippen LogP contribution in [0.5, 0.6) is 11.5 Å². The van der Waals surface area contributed by atoms with Crippen molar-refractivity contribution in [3.63, 3.8) is 0 Å². The van der Waals surface area contributed by atoms with E-state index in [2.05, 4.69) is 20.2 Å². The Bertz CT molecular complexity index is 1080. The highest BCUT2D eigenvalue weighted by molar-refractivity contribution is 7.13. The third kappa shape index (κ3) is 8.45. The Morgan fingerprint density at radius 2 is 1.94 bits per heavy atom. The molecule has 1 heterocycles. The molecule has 0 aliphatic rings. The number of nitrogens with zero attached hydrogens (tertiary/aromatic N) is 2. The fraction of sp³-hybridized carbons (Fsp3) is 0.227. The largest absolute Gasteiger partial charge is 0.573 e. The molecular formula is C22H20F3N3O4S. The van der Waals surface area contributed by atoms with Gasteiger partial charge in [-0.1, -0.05) is 18.2 Å². The van der Waals surface area contributed by atoms with Gasteiger partial charge in [-0.15, -0.1) is 24.5 Å². The van der Waals surface area contributed by atoms with Crippen molar-refractivity contribution in [1.29, 1.82) is 0 Å². The molecule has 0 fully saturated rings. The van der Waals surface area contributed by atoms with Crippen LogP contribution >= 0.6 is 11.3 Å². The van der Waals surface area contributed by atoms with E-state index < -0.39 is 6.36 Å². The van der Waals surface area contributed by atoms with Crippen LogP contribution in [-0.2, 0) is 22.6 Å². The molecule has 0 aliphatic carbocycles. The number of benzene rings is 2. The molecule has 33 heavy (non-hydrogen) atoms. The lowest BCUT2D eigenvalue weighted by Gasteiger charge is -2.10. The van der Waals surface area contributed by atoms with Crippen LogP contribution in [0.3, 0.4) is 0 Å². The van der Waals surface area contributed by atoms with Crippen molar-refractivity contribution in [2.75, 3.05) is 12.0 Å². The quantitative estimate of drug-likeness (QED) is 0.245. The molecule has 0 aliphatic heterocycles. The summed E-state index contributed by atoms with van der Waals surface area (Å²) in [6.07, 6.45) is -3.02. The molecule has 0 unspecified atom stereocenters. The van der Waals surface area contributed by atoms with E-state index >= 15 is 0 Å². The number of hydrazone groups is 1. The van der Waals surface area contributed by atoms with Gasteiger partial charge in [0, 0.05) is 5.38 Å². The molecule has 0 amide bonds. The van der Waals surface area contributed by atoms with E-state index in [4.69, 9.17) is 9.47 Å². The number of thiazole rings is 1. The maximum Gasteiger partial charge on any atom is 0.573 e. The Balaban J connectivity index is 1.50. The molecular weight excluding hydrogens is 459 g/mol. The summed E-state index contributed by atoms with van der Waals surface area (Å²) in [5.74, 6) is -0.232. The van der Waals surface area contributed by atoms with Gasteiger partial charge in [-0.3, -0.25) is 10.2 Å². The maximum absolute atomic E-state index is 12.2. The van der Waals surface area contributed by atoms with Crippen molar-refractivity contribution >= 4 is 28.7 Å². The number of carbonyl (C=O) groups is 1. The number of esters is 1. The highest BCUT2D eigenvalue weighted by Crippen LogP contribution is 2.25. The van der Waals surface area contributed by atoms with Crippen molar-refractivity contribution in [1.82, 2.24) is 4.98 Å². The Kier molecular flexibility index (Phi) is 8.25. The molecule has 0 atom stereocenters. The van der Waals surface area contributed by atoms with E-state index in [-0.39, 0.29) is 24.7 Å². The molecule has 0 saturated carbocycles. The van der Waals surface area contributed by atoms with Crippen LogP contribution in [0.25, 0.3) is 0 Å². The zero-order valence-electron chi connectivity index (χ0n) is 17.5. The zero-order chi connectivity index (χ0) is 23.7. The Morgan fingerprint density at radius 1 is 1.18 bits per heavy atom. The highest BCUT2D eigenvalue weighted by atomic mass is 32.1. The number of alkyl halides is 3. The Hall–Kier alpha value is -3.60. The van der Waals surface area contributed by atoms with Gasteiger partial charge < -0.3 is 14.2 Å².